The van der Waals surface area contributed by atoms with E-state index in [4.69, 9.17) is 5.11 Å². The number of amides is 2. The van der Waals surface area contributed by atoms with Gasteiger partial charge in [-0.25, -0.2) is 4.39 Å². The molecule has 1 atom stereocenters. The third kappa shape index (κ3) is 4.08. The van der Waals surface area contributed by atoms with Crippen molar-refractivity contribution in [2.24, 2.45) is 0 Å². The highest BCUT2D eigenvalue weighted by atomic mass is 79.9. The van der Waals surface area contributed by atoms with Crippen molar-refractivity contribution in [2.75, 3.05) is 11.9 Å². The molecule has 98 valence electrons. The van der Waals surface area contributed by atoms with Gasteiger partial charge in [0, 0.05) is 10.5 Å². The summed E-state index contributed by atoms with van der Waals surface area (Å²) in [7, 11) is 0. The predicted octanol–water partition coefficient (Wildman–Crippen LogP) is 1.02. The van der Waals surface area contributed by atoms with Crippen LogP contribution in [-0.2, 0) is 9.59 Å². The first-order valence-corrected chi connectivity index (χ1v) is 5.91. The zero-order valence-corrected chi connectivity index (χ0v) is 11.1. The molecular weight excluding hydrogens is 307 g/mol. The number of rotatable bonds is 3. The largest absolute Gasteiger partial charge is 0.394 e. The highest BCUT2D eigenvalue weighted by molar-refractivity contribution is 9.10. The molecule has 1 unspecified atom stereocenters. The van der Waals surface area contributed by atoms with Crippen LogP contribution in [0.5, 0.6) is 0 Å². The molecule has 0 saturated heterocycles. The van der Waals surface area contributed by atoms with Crippen molar-refractivity contribution in [3.63, 3.8) is 0 Å². The minimum Gasteiger partial charge on any atom is -0.394 e. The molecule has 5 nitrogen and oxygen atoms in total. The summed E-state index contributed by atoms with van der Waals surface area (Å²) in [5, 5.41) is 13.1. The van der Waals surface area contributed by atoms with Crippen molar-refractivity contribution < 1.29 is 19.1 Å². The van der Waals surface area contributed by atoms with Gasteiger partial charge in [-0.2, -0.15) is 0 Å². The number of hydrogen-bond acceptors (Lipinski definition) is 3. The van der Waals surface area contributed by atoms with Gasteiger partial charge in [-0.1, -0.05) is 15.9 Å². The Hall–Kier alpha value is -1.47. The third-order valence-corrected chi connectivity index (χ3v) is 2.53. The zero-order chi connectivity index (χ0) is 13.7. The van der Waals surface area contributed by atoms with E-state index >= 15 is 0 Å². The van der Waals surface area contributed by atoms with Crippen molar-refractivity contribution in [3.8, 4) is 0 Å². The molecule has 0 aliphatic heterocycles. The SMILES string of the molecule is CC(CO)NC(=O)C(=O)Nc1ccc(Br)cc1F. The summed E-state index contributed by atoms with van der Waals surface area (Å²) in [4.78, 5) is 22.7. The standard InChI is InChI=1S/C11H12BrFN2O3/c1-6(5-16)14-10(17)11(18)15-9-3-2-7(12)4-8(9)13/h2-4,6,16H,5H2,1H3,(H,14,17)(H,15,18). The molecule has 0 saturated carbocycles. The van der Waals surface area contributed by atoms with Crippen LogP contribution in [0.25, 0.3) is 0 Å². The lowest BCUT2D eigenvalue weighted by Gasteiger charge is -2.11. The fourth-order valence-corrected chi connectivity index (χ4v) is 1.44. The number of anilines is 1. The molecule has 1 rings (SSSR count). The van der Waals surface area contributed by atoms with E-state index in [1.807, 2.05) is 0 Å². The molecule has 0 fully saturated rings. The first kappa shape index (κ1) is 14.6. The van der Waals surface area contributed by atoms with Crippen LogP contribution in [0, 0.1) is 5.82 Å². The van der Waals surface area contributed by atoms with Crippen molar-refractivity contribution in [2.45, 2.75) is 13.0 Å². The number of benzene rings is 1. The first-order chi connectivity index (χ1) is 8.43. The summed E-state index contributed by atoms with van der Waals surface area (Å²) >= 11 is 3.07. The van der Waals surface area contributed by atoms with E-state index in [2.05, 4.69) is 26.6 Å². The summed E-state index contributed by atoms with van der Waals surface area (Å²) in [5.41, 5.74) is -0.0880. The van der Waals surface area contributed by atoms with Crippen LogP contribution in [0.2, 0.25) is 0 Å². The number of halogens is 2. The van der Waals surface area contributed by atoms with Crippen LogP contribution in [-0.4, -0.2) is 29.6 Å². The van der Waals surface area contributed by atoms with E-state index in [1.165, 1.54) is 25.1 Å². The molecule has 1 aromatic carbocycles. The van der Waals surface area contributed by atoms with Crippen LogP contribution in [0.4, 0.5) is 10.1 Å². The lowest BCUT2D eigenvalue weighted by atomic mass is 10.3. The van der Waals surface area contributed by atoms with Gasteiger partial charge >= 0.3 is 11.8 Å². The lowest BCUT2D eigenvalue weighted by Crippen LogP contribution is -2.42. The van der Waals surface area contributed by atoms with Crippen LogP contribution in [0.1, 0.15) is 6.92 Å². The highest BCUT2D eigenvalue weighted by Gasteiger charge is 2.17. The highest BCUT2D eigenvalue weighted by Crippen LogP contribution is 2.19. The van der Waals surface area contributed by atoms with E-state index in [0.717, 1.165) is 0 Å². The Bertz CT molecular complexity index is 468. The maximum Gasteiger partial charge on any atom is 0.313 e. The average Bonchev–Trinajstić information content (AvgIpc) is 2.32. The quantitative estimate of drug-likeness (QED) is 0.728. The van der Waals surface area contributed by atoms with Gasteiger partial charge in [-0.3, -0.25) is 9.59 Å². The molecule has 2 amide bonds. The molecule has 7 heteroatoms. The van der Waals surface area contributed by atoms with Crippen LogP contribution >= 0.6 is 15.9 Å². The monoisotopic (exact) mass is 318 g/mol. The van der Waals surface area contributed by atoms with Gasteiger partial charge in [0.15, 0.2) is 0 Å². The summed E-state index contributed by atoms with van der Waals surface area (Å²) in [6.45, 7) is 1.25. The summed E-state index contributed by atoms with van der Waals surface area (Å²) < 4.78 is 13.9. The molecule has 0 aliphatic rings. The number of nitrogens with one attached hydrogen (secondary N) is 2. The predicted molar refractivity (Wildman–Crippen MR) is 67.4 cm³/mol. The Labute approximate surface area is 112 Å². The molecule has 0 spiro atoms. The van der Waals surface area contributed by atoms with Crippen LogP contribution in [0.3, 0.4) is 0 Å². The maximum absolute atomic E-state index is 13.4. The summed E-state index contributed by atoms with van der Waals surface area (Å²) in [6.07, 6.45) is 0. The Morgan fingerprint density at radius 3 is 2.67 bits per heavy atom. The summed E-state index contributed by atoms with van der Waals surface area (Å²) in [5.74, 6) is -2.57. The molecule has 0 aromatic heterocycles. The van der Waals surface area contributed by atoms with E-state index in [-0.39, 0.29) is 12.3 Å². The Morgan fingerprint density at radius 2 is 2.11 bits per heavy atom. The van der Waals surface area contributed by atoms with Gasteiger partial charge in [0.2, 0.25) is 0 Å². The van der Waals surface area contributed by atoms with Gasteiger partial charge < -0.3 is 15.7 Å². The number of hydrogen-bond donors (Lipinski definition) is 3. The first-order valence-electron chi connectivity index (χ1n) is 5.11. The lowest BCUT2D eigenvalue weighted by molar-refractivity contribution is -0.136. The van der Waals surface area contributed by atoms with E-state index in [0.29, 0.717) is 4.47 Å². The van der Waals surface area contributed by atoms with Gasteiger partial charge in [-0.15, -0.1) is 0 Å². The molecule has 0 heterocycles. The molecule has 3 N–H and O–H groups in total. The second-order valence-electron chi connectivity index (χ2n) is 3.64. The third-order valence-electron chi connectivity index (χ3n) is 2.04. The van der Waals surface area contributed by atoms with Gasteiger partial charge in [0.05, 0.1) is 12.3 Å². The van der Waals surface area contributed by atoms with Crippen molar-refractivity contribution in [1.82, 2.24) is 5.32 Å². The molecule has 0 bridgehead atoms. The maximum atomic E-state index is 13.4. The fourth-order valence-electron chi connectivity index (χ4n) is 1.10. The molecular formula is C11H12BrFN2O3. The Kier molecular flexibility index (Phi) is 5.24. The van der Waals surface area contributed by atoms with E-state index in [9.17, 15) is 14.0 Å². The number of aliphatic hydroxyl groups excluding tert-OH is 1. The van der Waals surface area contributed by atoms with E-state index in [1.54, 1.807) is 0 Å². The minimum absolute atomic E-state index is 0.0880. The van der Waals surface area contributed by atoms with E-state index < -0.39 is 23.7 Å². The van der Waals surface area contributed by atoms with Gasteiger partial charge in [0.1, 0.15) is 5.82 Å². The minimum atomic E-state index is -0.989. The smallest absolute Gasteiger partial charge is 0.313 e. The fraction of sp³-hybridized carbons (Fsp3) is 0.273. The molecule has 0 radical (unpaired) electrons. The van der Waals surface area contributed by atoms with Gasteiger partial charge in [0.25, 0.3) is 0 Å². The average molecular weight is 319 g/mol. The topological polar surface area (TPSA) is 78.4 Å². The Morgan fingerprint density at radius 1 is 1.44 bits per heavy atom. The van der Waals surface area contributed by atoms with Crippen molar-refractivity contribution >= 4 is 33.4 Å². The molecule has 0 aliphatic carbocycles. The van der Waals surface area contributed by atoms with Crippen LogP contribution < -0.4 is 10.6 Å². The molecule has 18 heavy (non-hydrogen) atoms. The normalized spacial score (nSPS) is 11.8. The molecule has 1 aromatic rings. The Balaban J connectivity index is 2.67. The summed E-state index contributed by atoms with van der Waals surface area (Å²) in [6, 6.07) is 3.50. The number of aliphatic hydroxyl groups is 1. The number of carbonyl (C=O) groups is 2. The van der Waals surface area contributed by atoms with Crippen molar-refractivity contribution in [3.05, 3.63) is 28.5 Å². The van der Waals surface area contributed by atoms with Crippen LogP contribution in [0.15, 0.2) is 22.7 Å². The second-order valence-corrected chi connectivity index (χ2v) is 4.55. The number of carbonyl (C=O) groups excluding carboxylic acids is 2. The van der Waals surface area contributed by atoms with Crippen molar-refractivity contribution in [1.29, 1.82) is 0 Å². The zero-order valence-electron chi connectivity index (χ0n) is 9.54. The second kappa shape index (κ2) is 6.46. The van der Waals surface area contributed by atoms with Gasteiger partial charge in [-0.05, 0) is 25.1 Å².